The predicted octanol–water partition coefficient (Wildman–Crippen LogP) is 3.10. The minimum absolute atomic E-state index is 0.0342. The lowest BCUT2D eigenvalue weighted by Crippen LogP contribution is -2.30. The normalized spacial score (nSPS) is 16.8. The minimum Gasteiger partial charge on any atom is -0.330 e. The molecule has 9 heteroatoms. The van der Waals surface area contributed by atoms with Crippen LogP contribution in [0.4, 0.5) is 10.9 Å². The van der Waals surface area contributed by atoms with Crippen molar-refractivity contribution in [2.75, 3.05) is 11.9 Å². The Labute approximate surface area is 167 Å². The minimum atomic E-state index is -0.108. The largest absolute Gasteiger partial charge is 0.330 e. The molecule has 28 heavy (non-hydrogen) atoms. The number of hydrogen-bond donors (Lipinski definition) is 1. The Bertz CT molecular complexity index is 1010. The summed E-state index contributed by atoms with van der Waals surface area (Å²) in [7, 11) is 1.85. The van der Waals surface area contributed by atoms with Gasteiger partial charge in [-0.3, -0.25) is 14.5 Å². The number of hydrogen-bond acceptors (Lipinski definition) is 7. The van der Waals surface area contributed by atoms with Crippen LogP contribution in [0, 0.1) is 6.92 Å². The second-order valence-electron chi connectivity index (χ2n) is 6.66. The van der Waals surface area contributed by atoms with Crippen LogP contribution in [-0.2, 0) is 11.8 Å². The second kappa shape index (κ2) is 7.89. The molecular weight excluding hydrogens is 374 g/mol. The first-order valence-electron chi connectivity index (χ1n) is 9.08. The Morgan fingerprint density at radius 2 is 2.14 bits per heavy atom. The van der Waals surface area contributed by atoms with Gasteiger partial charge in [0, 0.05) is 54.9 Å². The Kier molecular flexibility index (Phi) is 5.16. The molecule has 0 aliphatic carbocycles. The summed E-state index contributed by atoms with van der Waals surface area (Å²) in [4.78, 5) is 29.1. The zero-order chi connectivity index (χ0) is 19.5. The Hall–Kier alpha value is -3.07. The number of thiazole rings is 1. The number of aromatic nitrogens is 5. The Morgan fingerprint density at radius 3 is 2.89 bits per heavy atom. The first-order chi connectivity index (χ1) is 13.6. The molecule has 0 spiro atoms. The summed E-state index contributed by atoms with van der Waals surface area (Å²) in [6.45, 7) is 2.71. The molecule has 0 bridgehead atoms. The van der Waals surface area contributed by atoms with Gasteiger partial charge in [0.1, 0.15) is 5.69 Å². The van der Waals surface area contributed by atoms with Gasteiger partial charge in [0.05, 0.1) is 12.2 Å². The lowest BCUT2D eigenvalue weighted by molar-refractivity contribution is -0.126. The molecule has 1 aliphatic heterocycles. The smallest absolute Gasteiger partial charge is 0.247 e. The van der Waals surface area contributed by atoms with E-state index in [4.69, 9.17) is 0 Å². The van der Waals surface area contributed by atoms with E-state index in [-0.39, 0.29) is 11.9 Å². The fourth-order valence-electron chi connectivity index (χ4n) is 3.31. The molecule has 0 unspecified atom stereocenters. The van der Waals surface area contributed by atoms with Gasteiger partial charge in [-0.25, -0.2) is 9.97 Å². The van der Waals surface area contributed by atoms with Gasteiger partial charge in [-0.05, 0) is 25.8 Å². The van der Waals surface area contributed by atoms with Crippen LogP contribution in [-0.4, -0.2) is 42.1 Å². The van der Waals surface area contributed by atoms with Gasteiger partial charge in [-0.15, -0.1) is 11.3 Å². The molecule has 0 radical (unpaired) electrons. The molecule has 144 valence electrons. The summed E-state index contributed by atoms with van der Waals surface area (Å²) < 4.78 is 1.71. The lowest BCUT2D eigenvalue weighted by atomic mass is 10.1. The molecule has 1 fully saturated rings. The predicted molar refractivity (Wildman–Crippen MR) is 108 cm³/mol. The first-order valence-corrected chi connectivity index (χ1v) is 9.89. The zero-order valence-electron chi connectivity index (χ0n) is 15.7. The molecule has 0 aromatic carbocycles. The highest BCUT2D eigenvalue weighted by Gasteiger charge is 2.32. The van der Waals surface area contributed by atoms with Crippen molar-refractivity contribution in [2.45, 2.75) is 25.8 Å². The van der Waals surface area contributed by atoms with E-state index in [2.05, 4.69) is 25.4 Å². The molecule has 1 atom stereocenters. The molecule has 4 rings (SSSR count). The molecule has 3 aromatic rings. The maximum atomic E-state index is 12.8. The van der Waals surface area contributed by atoms with E-state index in [1.807, 2.05) is 31.3 Å². The Morgan fingerprint density at radius 1 is 1.29 bits per heavy atom. The van der Waals surface area contributed by atoms with E-state index >= 15 is 0 Å². The second-order valence-corrected chi connectivity index (χ2v) is 7.90. The fraction of sp³-hybridized carbons (Fsp3) is 0.316. The molecule has 1 saturated heterocycles. The first kappa shape index (κ1) is 18.3. The lowest BCUT2D eigenvalue weighted by Gasteiger charge is -2.24. The molecular formula is C19H21N7OS. The number of aryl methyl sites for hydroxylation is 2. The fourth-order valence-corrected chi connectivity index (χ4v) is 3.97. The summed E-state index contributed by atoms with van der Waals surface area (Å²) in [5.41, 5.74) is 1.67. The number of carbonyl (C=O) groups excluding carboxylic acids is 1. The van der Waals surface area contributed by atoms with Gasteiger partial charge in [0.15, 0.2) is 10.9 Å². The molecule has 0 saturated carbocycles. The average Bonchev–Trinajstić information content (AvgIpc) is 3.42. The molecule has 1 aliphatic rings. The quantitative estimate of drug-likeness (QED) is 0.668. The van der Waals surface area contributed by atoms with Gasteiger partial charge >= 0.3 is 0 Å². The van der Waals surface area contributed by atoms with Crippen molar-refractivity contribution in [3.63, 3.8) is 0 Å². The van der Waals surface area contributed by atoms with Crippen LogP contribution in [0.2, 0.25) is 0 Å². The summed E-state index contributed by atoms with van der Waals surface area (Å²) in [6, 6.07) is -0.108. The number of likely N-dealkylation sites (tertiary alicyclic amines) is 1. The summed E-state index contributed by atoms with van der Waals surface area (Å²) >= 11 is 1.56. The zero-order valence-corrected chi connectivity index (χ0v) is 16.6. The SMILES string of the molecule is Cc1cnc(Nc2nccnc2[C@H]2CCCN2C(=O)/C=C/c2cnn(C)c2)s1. The topological polar surface area (TPSA) is 88.8 Å². The van der Waals surface area contributed by atoms with Crippen molar-refractivity contribution < 1.29 is 4.79 Å². The van der Waals surface area contributed by atoms with E-state index in [0.717, 1.165) is 34.1 Å². The van der Waals surface area contributed by atoms with Crippen LogP contribution in [0.1, 0.15) is 35.0 Å². The van der Waals surface area contributed by atoms with E-state index in [0.29, 0.717) is 12.4 Å². The molecule has 8 nitrogen and oxygen atoms in total. The van der Waals surface area contributed by atoms with Crippen LogP contribution in [0.5, 0.6) is 0 Å². The van der Waals surface area contributed by atoms with Crippen molar-refractivity contribution in [3.8, 4) is 0 Å². The average molecular weight is 395 g/mol. The molecule has 3 aromatic heterocycles. The van der Waals surface area contributed by atoms with Crippen molar-refractivity contribution in [2.24, 2.45) is 7.05 Å². The summed E-state index contributed by atoms with van der Waals surface area (Å²) in [6.07, 6.45) is 13.9. The van der Waals surface area contributed by atoms with Gasteiger partial charge in [-0.1, -0.05) is 0 Å². The van der Waals surface area contributed by atoms with Crippen molar-refractivity contribution in [3.05, 3.63) is 53.2 Å². The van der Waals surface area contributed by atoms with E-state index < -0.39 is 0 Å². The maximum absolute atomic E-state index is 12.8. The highest BCUT2D eigenvalue weighted by molar-refractivity contribution is 7.15. The van der Waals surface area contributed by atoms with E-state index in [9.17, 15) is 4.79 Å². The van der Waals surface area contributed by atoms with Crippen LogP contribution in [0.15, 0.2) is 37.1 Å². The third-order valence-corrected chi connectivity index (χ3v) is 5.40. The summed E-state index contributed by atoms with van der Waals surface area (Å²) in [5, 5.41) is 8.14. The molecule has 1 amide bonds. The van der Waals surface area contributed by atoms with Gasteiger partial charge in [-0.2, -0.15) is 5.10 Å². The monoisotopic (exact) mass is 395 g/mol. The van der Waals surface area contributed by atoms with Crippen LogP contribution in [0.25, 0.3) is 6.08 Å². The third-order valence-electron chi connectivity index (χ3n) is 4.57. The van der Waals surface area contributed by atoms with Crippen LogP contribution < -0.4 is 5.32 Å². The Balaban J connectivity index is 1.54. The van der Waals surface area contributed by atoms with Gasteiger partial charge < -0.3 is 10.2 Å². The van der Waals surface area contributed by atoms with E-state index in [1.54, 1.807) is 46.8 Å². The van der Waals surface area contributed by atoms with Crippen molar-refractivity contribution in [1.29, 1.82) is 0 Å². The van der Waals surface area contributed by atoms with Gasteiger partial charge in [0.25, 0.3) is 0 Å². The highest BCUT2D eigenvalue weighted by atomic mass is 32.1. The number of nitrogens with one attached hydrogen (secondary N) is 1. The van der Waals surface area contributed by atoms with Crippen molar-refractivity contribution in [1.82, 2.24) is 29.6 Å². The highest BCUT2D eigenvalue weighted by Crippen LogP contribution is 2.35. The molecule has 4 heterocycles. The van der Waals surface area contributed by atoms with Crippen LogP contribution in [0.3, 0.4) is 0 Å². The number of carbonyl (C=O) groups is 1. The number of amides is 1. The number of nitrogens with zero attached hydrogens (tertiary/aromatic N) is 6. The van der Waals surface area contributed by atoms with Gasteiger partial charge in [0.2, 0.25) is 5.91 Å². The number of anilines is 2. The van der Waals surface area contributed by atoms with Crippen LogP contribution >= 0.6 is 11.3 Å². The molecule has 1 N–H and O–H groups in total. The van der Waals surface area contributed by atoms with E-state index in [1.165, 1.54) is 0 Å². The van der Waals surface area contributed by atoms with Crippen molar-refractivity contribution >= 4 is 34.3 Å². The standard InChI is InChI=1S/C19H21N7OS/c1-13-10-22-19(28-13)24-18-17(20-7-8-21-18)15-4-3-9-26(15)16(27)6-5-14-11-23-25(2)12-14/h5-8,10-12,15H,3-4,9H2,1-2H3,(H,21,22,24)/b6-5+/t15-/m1/s1. The maximum Gasteiger partial charge on any atom is 0.247 e. The number of rotatable bonds is 5. The summed E-state index contributed by atoms with van der Waals surface area (Å²) in [5.74, 6) is 0.617. The third kappa shape index (κ3) is 3.94.